The number of rotatable bonds is 7. The van der Waals surface area contributed by atoms with Crippen LogP contribution in [0.1, 0.15) is 31.9 Å². The normalized spacial score (nSPS) is 12.7. The summed E-state index contributed by atoms with van der Waals surface area (Å²) in [4.78, 5) is 4.40. The molecule has 0 aliphatic rings. The Bertz CT molecular complexity index is 500. The molecule has 1 N–H and O–H groups in total. The van der Waals surface area contributed by atoms with Gasteiger partial charge in [0.2, 0.25) is 0 Å². The Labute approximate surface area is 120 Å². The Hall–Kier alpha value is -1.06. The number of fused-ring (bicyclic) bond motifs is 1. The first-order valence-corrected chi connectivity index (χ1v) is 8.16. The van der Waals surface area contributed by atoms with Crippen molar-refractivity contribution >= 4 is 22.5 Å². The van der Waals surface area contributed by atoms with Gasteiger partial charge in [0.15, 0.2) is 0 Å². The van der Waals surface area contributed by atoms with Crippen molar-refractivity contribution in [2.75, 3.05) is 18.1 Å². The van der Waals surface area contributed by atoms with Gasteiger partial charge in [0.25, 0.3) is 0 Å². The lowest BCUT2D eigenvalue weighted by Gasteiger charge is -2.19. The smallest absolute Gasteiger partial charge is 0.0433 e. The Morgan fingerprint density at radius 3 is 2.84 bits per heavy atom. The minimum absolute atomic E-state index is 0.392. The molecular formula is C16H22N2S. The highest BCUT2D eigenvalue weighted by Crippen LogP contribution is 2.25. The van der Waals surface area contributed by atoms with Crippen LogP contribution in [0.2, 0.25) is 0 Å². The first kappa shape index (κ1) is 14.4. The second-order valence-corrected chi connectivity index (χ2v) is 5.93. The maximum Gasteiger partial charge on any atom is 0.0433 e. The minimum atomic E-state index is 0.392. The summed E-state index contributed by atoms with van der Waals surface area (Å²) in [6, 6.07) is 8.90. The average Bonchev–Trinajstić information content (AvgIpc) is 2.47. The van der Waals surface area contributed by atoms with Crippen molar-refractivity contribution in [1.29, 1.82) is 0 Å². The average molecular weight is 274 g/mol. The predicted molar refractivity (Wildman–Crippen MR) is 85.8 cm³/mol. The van der Waals surface area contributed by atoms with Gasteiger partial charge in [-0.1, -0.05) is 38.1 Å². The molecule has 1 unspecified atom stereocenters. The first-order chi connectivity index (χ1) is 9.36. The lowest BCUT2D eigenvalue weighted by atomic mass is 10.0. The van der Waals surface area contributed by atoms with E-state index in [1.807, 2.05) is 24.2 Å². The summed E-state index contributed by atoms with van der Waals surface area (Å²) in [6.45, 7) is 5.47. The van der Waals surface area contributed by atoms with E-state index in [1.54, 1.807) is 0 Å². The summed E-state index contributed by atoms with van der Waals surface area (Å²) in [5, 5.41) is 6.20. The van der Waals surface area contributed by atoms with Crippen LogP contribution < -0.4 is 5.32 Å². The van der Waals surface area contributed by atoms with Gasteiger partial charge >= 0.3 is 0 Å². The van der Waals surface area contributed by atoms with Gasteiger partial charge in [-0.3, -0.25) is 4.98 Å². The van der Waals surface area contributed by atoms with Crippen molar-refractivity contribution in [1.82, 2.24) is 10.3 Å². The summed E-state index contributed by atoms with van der Waals surface area (Å²) >= 11 is 1.98. The largest absolute Gasteiger partial charge is 0.309 e. The second kappa shape index (κ2) is 7.51. The fraction of sp³-hybridized carbons (Fsp3) is 0.438. The molecule has 1 atom stereocenters. The zero-order valence-corrected chi connectivity index (χ0v) is 12.5. The molecule has 19 heavy (non-hydrogen) atoms. The van der Waals surface area contributed by atoms with Gasteiger partial charge in [0.05, 0.1) is 0 Å². The van der Waals surface area contributed by atoms with Crippen LogP contribution in [0.15, 0.2) is 36.7 Å². The van der Waals surface area contributed by atoms with E-state index >= 15 is 0 Å². The summed E-state index contributed by atoms with van der Waals surface area (Å²) in [7, 11) is 0. The van der Waals surface area contributed by atoms with Crippen LogP contribution >= 0.6 is 11.8 Å². The maximum atomic E-state index is 4.40. The number of nitrogens with one attached hydrogen (secondary N) is 1. The quantitative estimate of drug-likeness (QED) is 0.825. The van der Waals surface area contributed by atoms with Gasteiger partial charge in [-0.15, -0.1) is 0 Å². The molecule has 0 radical (unpaired) electrons. The molecule has 102 valence electrons. The van der Waals surface area contributed by atoms with Gasteiger partial charge < -0.3 is 5.32 Å². The molecule has 2 rings (SSSR count). The number of thioether (sulfide) groups is 1. The molecule has 0 aliphatic heterocycles. The zero-order valence-electron chi connectivity index (χ0n) is 11.7. The van der Waals surface area contributed by atoms with Gasteiger partial charge in [-0.05, 0) is 29.7 Å². The van der Waals surface area contributed by atoms with Crippen LogP contribution in [0.25, 0.3) is 10.8 Å². The third kappa shape index (κ3) is 3.71. The summed E-state index contributed by atoms with van der Waals surface area (Å²) in [5.74, 6) is 2.26. The van der Waals surface area contributed by atoms with Crippen molar-refractivity contribution in [2.45, 2.75) is 26.3 Å². The highest BCUT2D eigenvalue weighted by molar-refractivity contribution is 7.99. The Morgan fingerprint density at radius 1 is 1.21 bits per heavy atom. The van der Waals surface area contributed by atoms with Crippen molar-refractivity contribution < 1.29 is 0 Å². The van der Waals surface area contributed by atoms with Crippen LogP contribution in [-0.4, -0.2) is 23.0 Å². The summed E-state index contributed by atoms with van der Waals surface area (Å²) in [5.41, 5.74) is 1.33. The molecule has 2 aromatic rings. The third-order valence-corrected chi connectivity index (χ3v) is 4.18. The van der Waals surface area contributed by atoms with Crippen LogP contribution in [0.3, 0.4) is 0 Å². The topological polar surface area (TPSA) is 24.9 Å². The number of hydrogen-bond acceptors (Lipinski definition) is 3. The number of benzene rings is 1. The fourth-order valence-corrected chi connectivity index (χ4v) is 3.00. The zero-order chi connectivity index (χ0) is 13.5. The number of pyridine rings is 1. The molecule has 1 aromatic carbocycles. The molecule has 0 spiro atoms. The summed E-state index contributed by atoms with van der Waals surface area (Å²) in [6.07, 6.45) is 5.13. The van der Waals surface area contributed by atoms with E-state index in [1.165, 1.54) is 16.3 Å². The van der Waals surface area contributed by atoms with Crippen LogP contribution in [0.4, 0.5) is 0 Å². The van der Waals surface area contributed by atoms with E-state index in [0.717, 1.165) is 24.5 Å². The SMILES string of the molecule is CCCNC(CSCC)c1cncc2ccccc12. The molecule has 0 fully saturated rings. The Balaban J connectivity index is 2.31. The van der Waals surface area contributed by atoms with E-state index in [2.05, 4.69) is 48.4 Å². The molecule has 1 heterocycles. The van der Waals surface area contributed by atoms with Gasteiger partial charge in [-0.2, -0.15) is 11.8 Å². The van der Waals surface area contributed by atoms with Crippen molar-refractivity contribution in [2.24, 2.45) is 0 Å². The molecule has 3 heteroatoms. The van der Waals surface area contributed by atoms with Crippen LogP contribution in [-0.2, 0) is 0 Å². The predicted octanol–water partition coefficient (Wildman–Crippen LogP) is 4.03. The molecule has 2 nitrogen and oxygen atoms in total. The van der Waals surface area contributed by atoms with Gasteiger partial charge in [0, 0.05) is 29.6 Å². The number of aromatic nitrogens is 1. The molecule has 0 saturated heterocycles. The van der Waals surface area contributed by atoms with E-state index in [-0.39, 0.29) is 0 Å². The van der Waals surface area contributed by atoms with Crippen LogP contribution in [0.5, 0.6) is 0 Å². The molecule has 0 bridgehead atoms. The van der Waals surface area contributed by atoms with E-state index in [9.17, 15) is 0 Å². The van der Waals surface area contributed by atoms with Crippen molar-refractivity contribution in [3.05, 3.63) is 42.2 Å². The fourth-order valence-electron chi connectivity index (χ4n) is 2.23. The van der Waals surface area contributed by atoms with E-state index in [4.69, 9.17) is 0 Å². The Morgan fingerprint density at radius 2 is 2.05 bits per heavy atom. The summed E-state index contributed by atoms with van der Waals surface area (Å²) < 4.78 is 0. The highest BCUT2D eigenvalue weighted by atomic mass is 32.2. The van der Waals surface area contributed by atoms with Crippen molar-refractivity contribution in [3.63, 3.8) is 0 Å². The van der Waals surface area contributed by atoms with E-state index in [0.29, 0.717) is 6.04 Å². The maximum absolute atomic E-state index is 4.40. The monoisotopic (exact) mass is 274 g/mol. The molecule has 0 amide bonds. The van der Waals surface area contributed by atoms with Gasteiger partial charge in [-0.25, -0.2) is 0 Å². The standard InChI is InChI=1S/C16H22N2S/c1-3-9-18-16(12-19-4-2)15-11-17-10-13-7-5-6-8-14(13)15/h5-8,10-11,16,18H,3-4,9,12H2,1-2H3. The Kier molecular flexibility index (Phi) is 5.67. The third-order valence-electron chi connectivity index (χ3n) is 3.20. The van der Waals surface area contributed by atoms with E-state index < -0.39 is 0 Å². The molecule has 0 saturated carbocycles. The second-order valence-electron chi connectivity index (χ2n) is 4.62. The molecular weight excluding hydrogens is 252 g/mol. The highest BCUT2D eigenvalue weighted by Gasteiger charge is 2.13. The first-order valence-electron chi connectivity index (χ1n) is 7.00. The van der Waals surface area contributed by atoms with Crippen LogP contribution in [0, 0.1) is 0 Å². The minimum Gasteiger partial charge on any atom is -0.309 e. The number of nitrogens with zero attached hydrogens (tertiary/aromatic N) is 1. The van der Waals surface area contributed by atoms with Crippen molar-refractivity contribution in [3.8, 4) is 0 Å². The molecule has 0 aliphatic carbocycles. The molecule has 1 aromatic heterocycles. The lowest BCUT2D eigenvalue weighted by Crippen LogP contribution is -2.24. The van der Waals surface area contributed by atoms with Gasteiger partial charge in [0.1, 0.15) is 0 Å². The lowest BCUT2D eigenvalue weighted by molar-refractivity contribution is 0.579. The number of hydrogen-bond donors (Lipinski definition) is 1.